The first-order valence-corrected chi connectivity index (χ1v) is 19.3. The van der Waals surface area contributed by atoms with Crippen LogP contribution >= 0.6 is 20.2 Å². The van der Waals surface area contributed by atoms with Gasteiger partial charge in [0.25, 0.3) is 0 Å². The number of carbonyl (C=O) groups excluding carboxylic acids is 3. The predicted octanol–water partition coefficient (Wildman–Crippen LogP) is 6.26. The monoisotopic (exact) mass is 843 g/mol. The van der Waals surface area contributed by atoms with Crippen LogP contribution < -0.4 is 4.74 Å². The number of amides is 4. The number of hydrogen-bond donors (Lipinski definition) is 0. The zero-order valence-corrected chi connectivity index (χ0v) is 32.0. The number of guanidine groups is 1. The summed E-state index contributed by atoms with van der Waals surface area (Å²) < 4.78 is 86.6. The van der Waals surface area contributed by atoms with Gasteiger partial charge in [-0.2, -0.15) is 0 Å². The summed E-state index contributed by atoms with van der Waals surface area (Å²) in [6.07, 6.45) is -2.00. The maximum absolute atomic E-state index is 13.9. The Morgan fingerprint density at radius 3 is 1.96 bits per heavy atom. The molecule has 0 spiro atoms. The van der Waals surface area contributed by atoms with Gasteiger partial charge in [0.15, 0.2) is 0 Å². The summed E-state index contributed by atoms with van der Waals surface area (Å²) in [4.78, 5) is 48.8. The molecule has 0 aromatic heterocycles. The first-order chi connectivity index (χ1) is 22.9. The van der Waals surface area contributed by atoms with Crippen LogP contribution in [0.5, 0.6) is 5.75 Å². The molecule has 1 heterocycles. The molecule has 1 saturated heterocycles. The molecule has 0 unspecified atom stereocenters. The first kappa shape index (κ1) is 40.6. The third kappa shape index (κ3) is 11.1. The van der Waals surface area contributed by atoms with Crippen LogP contribution in [0.15, 0.2) is 53.5 Å². The van der Waals surface area contributed by atoms with Gasteiger partial charge in [-0.15, -0.1) is 0 Å². The summed E-state index contributed by atoms with van der Waals surface area (Å²) in [6.45, 7) is 9.20. The van der Waals surface area contributed by atoms with E-state index in [-0.39, 0.29) is 39.0 Å². The summed E-state index contributed by atoms with van der Waals surface area (Å²) >= 11 is -3.87. The Morgan fingerprint density at radius 2 is 1.46 bits per heavy atom. The van der Waals surface area contributed by atoms with Crippen molar-refractivity contribution in [2.24, 2.45) is 4.99 Å². The summed E-state index contributed by atoms with van der Waals surface area (Å²) in [5.41, 5.74) is -7.36. The molecule has 1 aliphatic heterocycles. The van der Waals surface area contributed by atoms with Crippen LogP contribution in [0.3, 0.4) is 0 Å². The molecular weight excluding hydrogens is 802 g/mol. The van der Waals surface area contributed by atoms with E-state index in [0.29, 0.717) is 11.3 Å². The number of methoxy groups -OCH3 is 1. The summed E-state index contributed by atoms with van der Waals surface area (Å²) in [7, 11) is -1.59. The molecule has 0 radical (unpaired) electrons. The number of urea groups is 1. The second-order valence-corrected chi connectivity index (χ2v) is 19.4. The molecule has 2 aromatic carbocycles. The molecule has 0 bridgehead atoms. The normalized spacial score (nSPS) is 15.1. The number of ether oxygens (including phenoxy) is 3. The Hall–Kier alpha value is -3.85. The molecule has 1 aliphatic rings. The van der Waals surface area contributed by atoms with Gasteiger partial charge in [-0.25, -0.2) is 0 Å². The summed E-state index contributed by atoms with van der Waals surface area (Å²) in [5, 5.41) is 0. The van der Waals surface area contributed by atoms with Crippen molar-refractivity contribution in [1.29, 1.82) is 0 Å². The fourth-order valence-electron chi connectivity index (χ4n) is 4.23. The minimum atomic E-state index is -6.01. The van der Waals surface area contributed by atoms with Crippen LogP contribution in [0.25, 0.3) is 0 Å². The molecule has 14 nitrogen and oxygen atoms in total. The zero-order chi connectivity index (χ0) is 37.8. The van der Waals surface area contributed by atoms with Gasteiger partial charge in [-0.1, -0.05) is 0 Å². The van der Waals surface area contributed by atoms with Crippen molar-refractivity contribution in [2.45, 2.75) is 64.8 Å². The van der Waals surface area contributed by atoms with E-state index in [1.807, 2.05) is 0 Å². The number of halogens is 4. The SMILES string of the molecule is COc1ccc(I(OS(=O)(=O)C(F)(F)F)c2cccc(CN(C(=O)OC(C)(C)C)C(=NC(=O)OC(C)(C)C)N3CN(C)C(=O)N(C)C3)c2)cc1. The number of alkyl halides is 3. The van der Waals surface area contributed by atoms with Gasteiger partial charge in [0.1, 0.15) is 0 Å². The van der Waals surface area contributed by atoms with Crippen molar-refractivity contribution >= 4 is 54.5 Å². The zero-order valence-electron chi connectivity index (χ0n) is 29.1. The number of carbonyl (C=O) groups is 3. The van der Waals surface area contributed by atoms with Crippen molar-refractivity contribution in [3.63, 3.8) is 0 Å². The van der Waals surface area contributed by atoms with Crippen molar-refractivity contribution in [2.75, 3.05) is 34.5 Å². The van der Waals surface area contributed by atoms with Crippen molar-refractivity contribution in [1.82, 2.24) is 19.6 Å². The number of aliphatic imine (C=N–C) groups is 1. The van der Waals surface area contributed by atoms with E-state index in [1.165, 1.54) is 78.4 Å². The molecule has 0 atom stereocenters. The fraction of sp³-hybridized carbons (Fsp3) is 0.484. The second-order valence-electron chi connectivity index (χ2n) is 13.0. The molecule has 0 aliphatic carbocycles. The summed E-state index contributed by atoms with van der Waals surface area (Å²) in [6, 6.07) is 11.3. The average Bonchev–Trinajstić information content (AvgIpc) is 2.98. The Kier molecular flexibility index (Phi) is 12.6. The molecule has 0 saturated carbocycles. The van der Waals surface area contributed by atoms with E-state index in [0.717, 1.165) is 4.90 Å². The Bertz CT molecular complexity index is 1680. The molecule has 0 N–H and O–H groups in total. The van der Waals surface area contributed by atoms with Crippen LogP contribution in [-0.2, 0) is 28.6 Å². The summed E-state index contributed by atoms with van der Waals surface area (Å²) in [5.74, 6) is 0.143. The van der Waals surface area contributed by atoms with Gasteiger partial charge in [0.05, 0.1) is 0 Å². The van der Waals surface area contributed by atoms with Gasteiger partial charge >= 0.3 is 298 Å². The van der Waals surface area contributed by atoms with Gasteiger partial charge in [-0.05, 0) is 0 Å². The van der Waals surface area contributed by atoms with Crippen LogP contribution in [0, 0.1) is 7.14 Å². The molecule has 1 fully saturated rings. The fourth-order valence-corrected chi connectivity index (χ4v) is 10.8. The van der Waals surface area contributed by atoms with Gasteiger partial charge in [0.2, 0.25) is 0 Å². The van der Waals surface area contributed by atoms with Crippen LogP contribution in [0.2, 0.25) is 0 Å². The Balaban J connectivity index is 2.18. The molecule has 3 rings (SSSR count). The van der Waals surface area contributed by atoms with E-state index in [2.05, 4.69) is 4.99 Å². The van der Waals surface area contributed by atoms with E-state index in [4.69, 9.17) is 16.7 Å². The molecular formula is C31H41F3IN5O9S. The standard InChI is InChI=1S/C31H41F3IN5O9S/c1-29(2,3)47-26(41)36-25(39-19-37(7)27(42)38(8)20-39)40(28(43)48-30(4,5)6)18-21-11-10-12-23(17-21)35(49-50(44,45)31(32,33)34)22-13-15-24(46-9)16-14-22/h10-17H,18-20H2,1-9H3. The third-order valence-corrected chi connectivity index (χ3v) is 13.3. The van der Waals surface area contributed by atoms with Gasteiger partial charge in [-0.3, -0.25) is 0 Å². The third-order valence-electron chi connectivity index (χ3n) is 6.25. The van der Waals surface area contributed by atoms with E-state index >= 15 is 0 Å². The molecule has 278 valence electrons. The van der Waals surface area contributed by atoms with E-state index in [9.17, 15) is 36.0 Å². The quantitative estimate of drug-likeness (QED) is 0.135. The van der Waals surface area contributed by atoms with Gasteiger partial charge < -0.3 is 0 Å². The van der Waals surface area contributed by atoms with Crippen LogP contribution in [0.1, 0.15) is 47.1 Å². The van der Waals surface area contributed by atoms with Crippen LogP contribution in [0.4, 0.5) is 27.6 Å². The van der Waals surface area contributed by atoms with Gasteiger partial charge in [0, 0.05) is 0 Å². The van der Waals surface area contributed by atoms with E-state index in [1.54, 1.807) is 47.6 Å². The molecule has 19 heteroatoms. The predicted molar refractivity (Wildman–Crippen MR) is 185 cm³/mol. The minimum absolute atomic E-state index is 0.0966. The second kappa shape index (κ2) is 15.6. The Labute approximate surface area is 297 Å². The van der Waals surface area contributed by atoms with Crippen LogP contribution in [-0.4, -0.2) is 103 Å². The van der Waals surface area contributed by atoms with Crippen molar-refractivity contribution < 1.29 is 52.7 Å². The number of hydrogen-bond acceptors (Lipinski definition) is 9. The number of nitrogens with zero attached hydrogens (tertiary/aromatic N) is 5. The van der Waals surface area contributed by atoms with E-state index < -0.39 is 59.2 Å². The molecule has 4 amide bonds. The molecule has 50 heavy (non-hydrogen) atoms. The number of benzene rings is 2. The van der Waals surface area contributed by atoms with Crippen molar-refractivity contribution in [3.8, 4) is 5.75 Å². The average molecular weight is 844 g/mol. The first-order valence-electron chi connectivity index (χ1n) is 14.9. The number of rotatable bonds is 7. The maximum atomic E-state index is 13.9. The Morgan fingerprint density at radius 1 is 0.900 bits per heavy atom. The topological polar surface area (TPSA) is 148 Å². The van der Waals surface area contributed by atoms with Crippen molar-refractivity contribution in [3.05, 3.63) is 61.2 Å². The molecule has 2 aromatic rings.